The molecule has 0 spiro atoms. The van der Waals surface area contributed by atoms with E-state index in [1.807, 2.05) is 0 Å². The lowest BCUT2D eigenvalue weighted by Crippen LogP contribution is -2.48. The third-order valence-corrected chi connectivity index (χ3v) is 5.88. The fraction of sp³-hybridized carbons (Fsp3) is 0.471. The highest BCUT2D eigenvalue weighted by Crippen LogP contribution is 2.17. The van der Waals surface area contributed by atoms with Crippen molar-refractivity contribution >= 4 is 15.9 Å². The van der Waals surface area contributed by atoms with Crippen molar-refractivity contribution in [2.24, 2.45) is 0 Å². The minimum atomic E-state index is -3.78. The van der Waals surface area contributed by atoms with Gasteiger partial charge in [-0.1, -0.05) is 10.5 Å². The van der Waals surface area contributed by atoms with E-state index in [2.05, 4.69) is 10.8 Å². The second kappa shape index (κ2) is 8.45. The van der Waals surface area contributed by atoms with Gasteiger partial charge in [-0.2, -0.15) is 0 Å². The fourth-order valence-corrected chi connectivity index (χ4v) is 3.64. The van der Waals surface area contributed by atoms with Crippen molar-refractivity contribution in [3.05, 3.63) is 29.8 Å². The van der Waals surface area contributed by atoms with Crippen LogP contribution in [0.25, 0.3) is 0 Å². The standard InChI is InChI=1S/C17H23N3O4S/c1-4-5-9-19-10-12-20(13-11-19)17(21)15-7-6-8-16(14-15)25(22,23)18(2)24-3/h1,6-8,14H,5,9-13H2,2-3H3. The van der Waals surface area contributed by atoms with E-state index >= 15 is 0 Å². The van der Waals surface area contributed by atoms with Gasteiger partial charge in [0.1, 0.15) is 0 Å². The van der Waals surface area contributed by atoms with E-state index in [4.69, 9.17) is 11.3 Å². The highest BCUT2D eigenvalue weighted by Gasteiger charge is 2.25. The van der Waals surface area contributed by atoms with Gasteiger partial charge in [-0.25, -0.2) is 8.42 Å². The minimum Gasteiger partial charge on any atom is -0.336 e. The highest BCUT2D eigenvalue weighted by atomic mass is 32.2. The molecular formula is C17H23N3O4S. The van der Waals surface area contributed by atoms with Gasteiger partial charge in [0, 0.05) is 51.8 Å². The summed E-state index contributed by atoms with van der Waals surface area (Å²) in [6.07, 6.45) is 5.97. The molecule has 0 aromatic heterocycles. The first-order chi connectivity index (χ1) is 11.9. The number of terminal acetylenes is 1. The van der Waals surface area contributed by atoms with Gasteiger partial charge in [0.15, 0.2) is 0 Å². The Morgan fingerprint density at radius 2 is 2.00 bits per heavy atom. The molecule has 2 rings (SSSR count). The van der Waals surface area contributed by atoms with Crippen LogP contribution in [0.4, 0.5) is 0 Å². The monoisotopic (exact) mass is 365 g/mol. The first-order valence-electron chi connectivity index (χ1n) is 7.98. The van der Waals surface area contributed by atoms with Crippen LogP contribution in [0.15, 0.2) is 29.2 Å². The number of hydroxylamine groups is 1. The Kier molecular flexibility index (Phi) is 6.56. The maximum absolute atomic E-state index is 12.7. The number of rotatable bonds is 6. The van der Waals surface area contributed by atoms with Crippen molar-refractivity contribution in [2.75, 3.05) is 46.9 Å². The molecule has 1 heterocycles. The molecule has 0 N–H and O–H groups in total. The van der Waals surface area contributed by atoms with Gasteiger partial charge in [-0.3, -0.25) is 14.5 Å². The van der Waals surface area contributed by atoms with Crippen LogP contribution in [0.2, 0.25) is 0 Å². The average Bonchev–Trinajstić information content (AvgIpc) is 2.65. The highest BCUT2D eigenvalue weighted by molar-refractivity contribution is 7.89. The van der Waals surface area contributed by atoms with Crippen LogP contribution in [0.5, 0.6) is 0 Å². The molecule has 7 nitrogen and oxygen atoms in total. The second-order valence-corrected chi connectivity index (χ2v) is 7.65. The van der Waals surface area contributed by atoms with Gasteiger partial charge in [0.25, 0.3) is 15.9 Å². The van der Waals surface area contributed by atoms with Crippen molar-refractivity contribution in [1.29, 1.82) is 0 Å². The molecule has 1 aromatic rings. The topological polar surface area (TPSA) is 70.2 Å². The summed E-state index contributed by atoms with van der Waals surface area (Å²) in [5.41, 5.74) is 0.350. The van der Waals surface area contributed by atoms with Crippen LogP contribution in [0.3, 0.4) is 0 Å². The van der Waals surface area contributed by atoms with Crippen molar-refractivity contribution in [2.45, 2.75) is 11.3 Å². The number of carbonyl (C=O) groups excluding carboxylic acids is 1. The molecule has 1 aliphatic heterocycles. The van der Waals surface area contributed by atoms with Crippen LogP contribution in [0.1, 0.15) is 16.8 Å². The number of carbonyl (C=O) groups is 1. The normalized spacial score (nSPS) is 16.0. The molecular weight excluding hydrogens is 342 g/mol. The van der Waals surface area contributed by atoms with Gasteiger partial charge >= 0.3 is 0 Å². The predicted octanol–water partition coefficient (Wildman–Crippen LogP) is 0.650. The maximum Gasteiger partial charge on any atom is 0.264 e. The molecule has 0 radical (unpaired) electrons. The quantitative estimate of drug-likeness (QED) is 0.547. The molecule has 1 saturated heterocycles. The van der Waals surface area contributed by atoms with Crippen LogP contribution in [-0.2, 0) is 14.9 Å². The van der Waals surface area contributed by atoms with E-state index in [0.717, 1.165) is 24.1 Å². The summed E-state index contributed by atoms with van der Waals surface area (Å²) in [7, 11) is -1.21. The van der Waals surface area contributed by atoms with Crippen LogP contribution < -0.4 is 0 Å². The van der Waals surface area contributed by atoms with E-state index in [-0.39, 0.29) is 10.8 Å². The number of nitrogens with zero attached hydrogens (tertiary/aromatic N) is 3. The maximum atomic E-state index is 12.7. The SMILES string of the molecule is C#CCCN1CCN(C(=O)c2cccc(S(=O)(=O)N(C)OC)c2)CC1. The summed E-state index contributed by atoms with van der Waals surface area (Å²) in [6, 6.07) is 6.02. The van der Waals surface area contributed by atoms with Gasteiger partial charge in [0.05, 0.1) is 12.0 Å². The summed E-state index contributed by atoms with van der Waals surface area (Å²) in [5, 5.41) is 0. The molecule has 8 heteroatoms. The van der Waals surface area contributed by atoms with Crippen molar-refractivity contribution in [1.82, 2.24) is 14.3 Å². The van der Waals surface area contributed by atoms with Gasteiger partial charge < -0.3 is 4.90 Å². The Morgan fingerprint density at radius 1 is 1.32 bits per heavy atom. The van der Waals surface area contributed by atoms with Crippen LogP contribution in [0, 0.1) is 12.3 Å². The van der Waals surface area contributed by atoms with Gasteiger partial charge in [-0.05, 0) is 18.2 Å². The molecule has 1 aromatic carbocycles. The van der Waals surface area contributed by atoms with E-state index in [1.165, 1.54) is 26.3 Å². The Hall–Kier alpha value is -1.92. The van der Waals surface area contributed by atoms with Crippen molar-refractivity contribution in [3.63, 3.8) is 0 Å². The van der Waals surface area contributed by atoms with Crippen LogP contribution >= 0.6 is 0 Å². The molecule has 0 saturated carbocycles. The zero-order valence-corrected chi connectivity index (χ0v) is 15.3. The van der Waals surface area contributed by atoms with Gasteiger partial charge in [-0.15, -0.1) is 12.3 Å². The number of hydrogen-bond acceptors (Lipinski definition) is 5. The second-order valence-electron chi connectivity index (χ2n) is 5.71. The molecule has 1 amide bonds. The Labute approximate surface area is 149 Å². The third kappa shape index (κ3) is 4.58. The summed E-state index contributed by atoms with van der Waals surface area (Å²) in [6.45, 7) is 3.54. The molecule has 25 heavy (non-hydrogen) atoms. The lowest BCUT2D eigenvalue weighted by Gasteiger charge is -2.34. The van der Waals surface area contributed by atoms with Crippen LogP contribution in [-0.4, -0.2) is 75.5 Å². The Morgan fingerprint density at radius 3 is 2.60 bits per heavy atom. The molecule has 0 aliphatic carbocycles. The zero-order chi connectivity index (χ0) is 18.4. The summed E-state index contributed by atoms with van der Waals surface area (Å²) in [4.78, 5) is 21.4. The van der Waals surface area contributed by atoms with Crippen molar-refractivity contribution < 1.29 is 18.0 Å². The first kappa shape index (κ1) is 19.4. The summed E-state index contributed by atoms with van der Waals surface area (Å²) >= 11 is 0. The molecule has 0 bridgehead atoms. The minimum absolute atomic E-state index is 0.0235. The lowest BCUT2D eigenvalue weighted by molar-refractivity contribution is -0.0258. The smallest absolute Gasteiger partial charge is 0.264 e. The number of hydrogen-bond donors (Lipinski definition) is 0. The van der Waals surface area contributed by atoms with E-state index in [9.17, 15) is 13.2 Å². The van der Waals surface area contributed by atoms with Crippen molar-refractivity contribution in [3.8, 4) is 12.3 Å². The predicted molar refractivity (Wildman–Crippen MR) is 94.2 cm³/mol. The molecule has 1 fully saturated rings. The van der Waals surface area contributed by atoms with E-state index in [1.54, 1.807) is 17.0 Å². The molecule has 1 aliphatic rings. The zero-order valence-electron chi connectivity index (χ0n) is 14.5. The Bertz CT molecular complexity index is 749. The first-order valence-corrected chi connectivity index (χ1v) is 9.42. The van der Waals surface area contributed by atoms with E-state index < -0.39 is 10.0 Å². The van der Waals surface area contributed by atoms with Gasteiger partial charge in [0.2, 0.25) is 0 Å². The average molecular weight is 365 g/mol. The molecule has 0 unspecified atom stereocenters. The summed E-state index contributed by atoms with van der Waals surface area (Å²) < 4.78 is 25.4. The molecule has 0 atom stereocenters. The Balaban J connectivity index is 2.09. The lowest BCUT2D eigenvalue weighted by atomic mass is 10.2. The number of piperazine rings is 1. The fourth-order valence-electron chi connectivity index (χ4n) is 2.62. The van der Waals surface area contributed by atoms with E-state index in [0.29, 0.717) is 25.1 Å². The number of amides is 1. The number of sulfonamides is 1. The largest absolute Gasteiger partial charge is 0.336 e. The number of benzene rings is 1. The summed E-state index contributed by atoms with van der Waals surface area (Å²) in [5.74, 6) is 2.44. The molecule has 136 valence electrons. The third-order valence-electron chi connectivity index (χ3n) is 4.21.